The van der Waals surface area contributed by atoms with E-state index < -0.39 is 5.97 Å². The third kappa shape index (κ3) is 3.75. The summed E-state index contributed by atoms with van der Waals surface area (Å²) in [5, 5.41) is 8.99. The molecular weight excluding hydrogens is 242 g/mol. The maximum atomic E-state index is 10.9. The molecule has 104 valence electrons. The molecule has 1 fully saturated rings. The Morgan fingerprint density at radius 2 is 2.32 bits per heavy atom. The number of carboxylic acids is 1. The predicted molar refractivity (Wildman–Crippen MR) is 72.8 cm³/mol. The highest BCUT2D eigenvalue weighted by Gasteiger charge is 2.30. The van der Waals surface area contributed by atoms with Crippen LogP contribution in [0.15, 0.2) is 24.5 Å². The number of aliphatic carboxylic acids is 1. The summed E-state index contributed by atoms with van der Waals surface area (Å²) < 4.78 is 0. The molecule has 2 unspecified atom stereocenters. The molecule has 1 saturated heterocycles. The van der Waals surface area contributed by atoms with Crippen LogP contribution in [0.3, 0.4) is 0 Å². The van der Waals surface area contributed by atoms with Gasteiger partial charge in [0.05, 0.1) is 6.42 Å². The van der Waals surface area contributed by atoms with Crippen molar-refractivity contribution in [3.05, 3.63) is 30.1 Å². The van der Waals surface area contributed by atoms with E-state index in [-0.39, 0.29) is 12.5 Å². The number of carboxylic acid groups (broad SMARTS) is 1. The SMILES string of the molecule is CC1CN(Cc2cccnc2)CC(CC(=O)O)N1C. The summed E-state index contributed by atoms with van der Waals surface area (Å²) in [6.45, 7) is 4.73. The molecule has 1 aliphatic heterocycles. The van der Waals surface area contributed by atoms with E-state index >= 15 is 0 Å². The second kappa shape index (κ2) is 6.12. The molecule has 0 spiro atoms. The third-order valence-corrected chi connectivity index (χ3v) is 3.80. The van der Waals surface area contributed by atoms with E-state index in [2.05, 4.69) is 27.8 Å². The van der Waals surface area contributed by atoms with Gasteiger partial charge in [0.1, 0.15) is 0 Å². The van der Waals surface area contributed by atoms with Crippen molar-refractivity contribution in [2.24, 2.45) is 0 Å². The van der Waals surface area contributed by atoms with Crippen molar-refractivity contribution >= 4 is 5.97 Å². The largest absolute Gasteiger partial charge is 0.481 e. The Morgan fingerprint density at radius 3 is 2.95 bits per heavy atom. The van der Waals surface area contributed by atoms with Crippen LogP contribution in [-0.2, 0) is 11.3 Å². The molecular formula is C14H21N3O2. The number of carbonyl (C=O) groups is 1. The number of hydrogen-bond acceptors (Lipinski definition) is 4. The van der Waals surface area contributed by atoms with Gasteiger partial charge in [-0.2, -0.15) is 0 Å². The predicted octanol–water partition coefficient (Wildman–Crippen LogP) is 1.06. The quantitative estimate of drug-likeness (QED) is 0.880. The van der Waals surface area contributed by atoms with Crippen molar-refractivity contribution in [2.45, 2.75) is 32.0 Å². The molecule has 1 N–H and O–H groups in total. The van der Waals surface area contributed by atoms with Crippen LogP contribution in [-0.4, -0.2) is 58.1 Å². The Bertz CT molecular complexity index is 424. The van der Waals surface area contributed by atoms with Crippen LogP contribution in [0.5, 0.6) is 0 Å². The molecule has 1 aromatic rings. The molecule has 0 bridgehead atoms. The van der Waals surface area contributed by atoms with Gasteiger partial charge in [-0.25, -0.2) is 0 Å². The zero-order valence-corrected chi connectivity index (χ0v) is 11.5. The fourth-order valence-electron chi connectivity index (χ4n) is 2.65. The molecule has 0 aliphatic carbocycles. The summed E-state index contributed by atoms with van der Waals surface area (Å²) >= 11 is 0. The van der Waals surface area contributed by atoms with Gasteiger partial charge in [0.25, 0.3) is 0 Å². The van der Waals surface area contributed by atoms with Crippen LogP contribution in [0.2, 0.25) is 0 Å². The molecule has 1 aliphatic rings. The zero-order chi connectivity index (χ0) is 13.8. The molecule has 5 nitrogen and oxygen atoms in total. The van der Waals surface area contributed by atoms with Crippen molar-refractivity contribution in [1.82, 2.24) is 14.8 Å². The first-order valence-corrected chi connectivity index (χ1v) is 6.61. The average Bonchev–Trinajstić information content (AvgIpc) is 2.36. The van der Waals surface area contributed by atoms with Crippen LogP contribution in [0.1, 0.15) is 18.9 Å². The normalized spacial score (nSPS) is 25.4. The van der Waals surface area contributed by atoms with Gasteiger partial charge < -0.3 is 5.11 Å². The summed E-state index contributed by atoms with van der Waals surface area (Å²) in [7, 11) is 2.01. The summed E-state index contributed by atoms with van der Waals surface area (Å²) in [6, 6.07) is 4.44. The van der Waals surface area contributed by atoms with Crippen molar-refractivity contribution in [2.75, 3.05) is 20.1 Å². The highest BCUT2D eigenvalue weighted by atomic mass is 16.4. The van der Waals surface area contributed by atoms with E-state index in [1.807, 2.05) is 19.3 Å². The highest BCUT2D eigenvalue weighted by Crippen LogP contribution is 2.18. The van der Waals surface area contributed by atoms with Crippen molar-refractivity contribution < 1.29 is 9.90 Å². The molecule has 5 heteroatoms. The molecule has 2 heterocycles. The lowest BCUT2D eigenvalue weighted by atomic mass is 10.0. The first-order chi connectivity index (χ1) is 9.06. The monoisotopic (exact) mass is 263 g/mol. The van der Waals surface area contributed by atoms with Gasteiger partial charge in [0.2, 0.25) is 0 Å². The smallest absolute Gasteiger partial charge is 0.304 e. The Labute approximate surface area is 113 Å². The third-order valence-electron chi connectivity index (χ3n) is 3.80. The maximum Gasteiger partial charge on any atom is 0.304 e. The van der Waals surface area contributed by atoms with Crippen molar-refractivity contribution in [1.29, 1.82) is 0 Å². The highest BCUT2D eigenvalue weighted by molar-refractivity contribution is 5.67. The number of rotatable bonds is 4. The molecule has 0 saturated carbocycles. The van der Waals surface area contributed by atoms with Crippen LogP contribution in [0, 0.1) is 0 Å². The van der Waals surface area contributed by atoms with Crippen molar-refractivity contribution in [3.8, 4) is 0 Å². The molecule has 0 amide bonds. The van der Waals surface area contributed by atoms with E-state index in [0.717, 1.165) is 19.6 Å². The van der Waals surface area contributed by atoms with Gasteiger partial charge in [-0.15, -0.1) is 0 Å². The van der Waals surface area contributed by atoms with E-state index in [0.29, 0.717) is 6.04 Å². The Morgan fingerprint density at radius 1 is 1.53 bits per heavy atom. The van der Waals surface area contributed by atoms with Gasteiger partial charge >= 0.3 is 5.97 Å². The lowest BCUT2D eigenvalue weighted by Gasteiger charge is -2.43. The molecule has 2 rings (SSSR count). The minimum atomic E-state index is -0.729. The Kier molecular flexibility index (Phi) is 4.50. The number of hydrogen-bond donors (Lipinski definition) is 1. The fraction of sp³-hybridized carbons (Fsp3) is 0.571. The standard InChI is InChI=1S/C14H21N3O2/c1-11-8-17(9-12-4-3-5-15-7-12)10-13(16(11)2)6-14(18)19/h3-5,7,11,13H,6,8-10H2,1-2H3,(H,18,19). The van der Waals surface area contributed by atoms with Gasteiger partial charge in [-0.05, 0) is 25.6 Å². The van der Waals surface area contributed by atoms with Crippen molar-refractivity contribution in [3.63, 3.8) is 0 Å². The lowest BCUT2D eigenvalue weighted by Crippen LogP contribution is -2.56. The van der Waals surface area contributed by atoms with Crippen LogP contribution in [0.25, 0.3) is 0 Å². The van der Waals surface area contributed by atoms with E-state index in [4.69, 9.17) is 5.11 Å². The number of pyridine rings is 1. The van der Waals surface area contributed by atoms with E-state index in [1.54, 1.807) is 6.20 Å². The number of aromatic nitrogens is 1. The number of piperazine rings is 1. The molecule has 1 aromatic heterocycles. The summed E-state index contributed by atoms with van der Waals surface area (Å²) in [5.41, 5.74) is 1.17. The van der Waals surface area contributed by atoms with E-state index in [9.17, 15) is 4.79 Å². The first kappa shape index (κ1) is 14.0. The van der Waals surface area contributed by atoms with Crippen LogP contribution in [0.4, 0.5) is 0 Å². The van der Waals surface area contributed by atoms with E-state index in [1.165, 1.54) is 5.56 Å². The van der Waals surface area contributed by atoms with Gasteiger partial charge in [0, 0.05) is 44.1 Å². The number of likely N-dealkylation sites (N-methyl/N-ethyl adjacent to an activating group) is 1. The fourth-order valence-corrected chi connectivity index (χ4v) is 2.65. The number of nitrogens with zero attached hydrogens (tertiary/aromatic N) is 3. The lowest BCUT2D eigenvalue weighted by molar-refractivity contribution is -0.139. The summed E-state index contributed by atoms with van der Waals surface area (Å²) in [5.74, 6) is -0.729. The van der Waals surface area contributed by atoms with Crippen LogP contribution < -0.4 is 0 Å². The Hall–Kier alpha value is -1.46. The van der Waals surface area contributed by atoms with Gasteiger partial charge in [-0.3, -0.25) is 19.6 Å². The molecule has 2 atom stereocenters. The van der Waals surface area contributed by atoms with Gasteiger partial charge in [0.15, 0.2) is 0 Å². The topological polar surface area (TPSA) is 56.7 Å². The zero-order valence-electron chi connectivity index (χ0n) is 11.5. The summed E-state index contributed by atoms with van der Waals surface area (Å²) in [4.78, 5) is 19.5. The first-order valence-electron chi connectivity index (χ1n) is 6.61. The summed E-state index contributed by atoms with van der Waals surface area (Å²) in [6.07, 6.45) is 3.84. The minimum absolute atomic E-state index is 0.0814. The van der Waals surface area contributed by atoms with Crippen LogP contribution >= 0.6 is 0 Å². The second-order valence-corrected chi connectivity index (χ2v) is 5.32. The maximum absolute atomic E-state index is 10.9. The Balaban J connectivity index is 2.00. The minimum Gasteiger partial charge on any atom is -0.481 e. The molecule has 0 radical (unpaired) electrons. The second-order valence-electron chi connectivity index (χ2n) is 5.32. The average molecular weight is 263 g/mol. The molecule has 0 aromatic carbocycles. The molecule has 19 heavy (non-hydrogen) atoms. The van der Waals surface area contributed by atoms with Gasteiger partial charge in [-0.1, -0.05) is 6.07 Å².